The van der Waals surface area contributed by atoms with Crippen molar-refractivity contribution in [1.29, 1.82) is 5.26 Å². The van der Waals surface area contributed by atoms with Gasteiger partial charge in [0, 0.05) is 11.3 Å². The number of nitrogens with zero attached hydrogens (tertiary/aromatic N) is 5. The van der Waals surface area contributed by atoms with E-state index >= 15 is 0 Å². The van der Waals surface area contributed by atoms with Gasteiger partial charge in [0.2, 0.25) is 5.95 Å². The van der Waals surface area contributed by atoms with Crippen LogP contribution in [-0.2, 0) is 6.54 Å². The maximum absolute atomic E-state index is 14.6. The van der Waals surface area contributed by atoms with E-state index in [0.717, 1.165) is 5.56 Å². The molecule has 4 rings (SSSR count). The number of rotatable bonds is 3. The molecule has 0 aliphatic rings. The van der Waals surface area contributed by atoms with Gasteiger partial charge in [0.05, 0.1) is 29.4 Å². The number of benzene rings is 2. The van der Waals surface area contributed by atoms with E-state index in [9.17, 15) is 4.39 Å². The summed E-state index contributed by atoms with van der Waals surface area (Å²) in [6.07, 6.45) is 1.57. The third-order valence-electron chi connectivity index (χ3n) is 4.20. The van der Waals surface area contributed by atoms with E-state index in [4.69, 9.17) is 16.7 Å². The lowest BCUT2D eigenvalue weighted by Crippen LogP contribution is -2.05. The Kier molecular flexibility index (Phi) is 3.90. The Balaban J connectivity index is 1.86. The number of nitrogens with two attached hydrogens (primary N) is 2. The van der Waals surface area contributed by atoms with Crippen LogP contribution < -0.4 is 11.5 Å². The van der Waals surface area contributed by atoms with E-state index in [1.165, 1.54) is 6.07 Å². The van der Waals surface area contributed by atoms with Crippen molar-refractivity contribution in [3.63, 3.8) is 0 Å². The monoisotopic (exact) mass is 359 g/mol. The van der Waals surface area contributed by atoms with Gasteiger partial charge in [-0.15, -0.1) is 0 Å². The SMILES string of the molecule is N#Cc1cccc(-c2nc(N)nc3c2cnn3Cc2ccc(N)cc2)c1F. The number of nitriles is 1. The number of fused-ring (bicyclic) bond motifs is 1. The predicted octanol–water partition coefficient (Wildman–Crippen LogP) is 2.72. The quantitative estimate of drug-likeness (QED) is 0.543. The second kappa shape index (κ2) is 6.38. The molecule has 0 fully saturated rings. The van der Waals surface area contributed by atoms with Gasteiger partial charge < -0.3 is 11.5 Å². The number of nitrogen functional groups attached to an aromatic ring is 2. The summed E-state index contributed by atoms with van der Waals surface area (Å²) in [5.74, 6) is -0.649. The average Bonchev–Trinajstić information content (AvgIpc) is 3.06. The van der Waals surface area contributed by atoms with E-state index in [0.29, 0.717) is 29.0 Å². The molecule has 4 N–H and O–H groups in total. The van der Waals surface area contributed by atoms with Gasteiger partial charge in [0.1, 0.15) is 11.9 Å². The minimum atomic E-state index is -0.648. The molecule has 0 saturated heterocycles. The normalized spacial score (nSPS) is 10.8. The van der Waals surface area contributed by atoms with Gasteiger partial charge in [0.15, 0.2) is 5.65 Å². The van der Waals surface area contributed by atoms with Crippen molar-refractivity contribution in [2.75, 3.05) is 11.5 Å². The smallest absolute Gasteiger partial charge is 0.222 e. The van der Waals surface area contributed by atoms with Crippen LogP contribution in [0.4, 0.5) is 16.0 Å². The van der Waals surface area contributed by atoms with Gasteiger partial charge >= 0.3 is 0 Å². The first-order chi connectivity index (χ1) is 13.1. The summed E-state index contributed by atoms with van der Waals surface area (Å²) in [4.78, 5) is 8.45. The standard InChI is InChI=1S/C19H14FN7/c20-16-12(8-21)2-1-3-14(16)17-15-9-24-27(18(15)26-19(23)25-17)10-11-4-6-13(22)7-5-11/h1-7,9H,10,22H2,(H2,23,25,26). The molecule has 27 heavy (non-hydrogen) atoms. The summed E-state index contributed by atoms with van der Waals surface area (Å²) in [5.41, 5.74) is 14.1. The molecule has 0 aliphatic carbocycles. The number of halogens is 1. The first kappa shape index (κ1) is 16.5. The van der Waals surface area contributed by atoms with E-state index in [1.54, 1.807) is 35.1 Å². The van der Waals surface area contributed by atoms with Crippen molar-refractivity contribution in [1.82, 2.24) is 19.7 Å². The molecule has 0 unspecified atom stereocenters. The minimum absolute atomic E-state index is 0.00156. The van der Waals surface area contributed by atoms with Crippen LogP contribution in [-0.4, -0.2) is 19.7 Å². The summed E-state index contributed by atoms with van der Waals surface area (Å²) in [6, 6.07) is 13.8. The van der Waals surface area contributed by atoms with Crippen LogP contribution in [0.1, 0.15) is 11.1 Å². The fraction of sp³-hybridized carbons (Fsp3) is 0.0526. The summed E-state index contributed by atoms with van der Waals surface area (Å²) in [5, 5.41) is 14.0. The van der Waals surface area contributed by atoms with Crippen LogP contribution >= 0.6 is 0 Å². The molecular weight excluding hydrogens is 345 g/mol. The minimum Gasteiger partial charge on any atom is -0.399 e. The van der Waals surface area contributed by atoms with Crippen LogP contribution in [0.3, 0.4) is 0 Å². The molecule has 7 nitrogen and oxygen atoms in total. The highest BCUT2D eigenvalue weighted by atomic mass is 19.1. The third-order valence-corrected chi connectivity index (χ3v) is 4.20. The Morgan fingerprint density at radius 3 is 2.59 bits per heavy atom. The Hall–Kier alpha value is -3.99. The molecule has 2 aromatic heterocycles. The second-order valence-corrected chi connectivity index (χ2v) is 5.99. The van der Waals surface area contributed by atoms with E-state index in [2.05, 4.69) is 15.1 Å². The fourth-order valence-electron chi connectivity index (χ4n) is 2.89. The molecule has 0 aliphatic heterocycles. The Morgan fingerprint density at radius 1 is 1.07 bits per heavy atom. The van der Waals surface area contributed by atoms with Crippen molar-refractivity contribution >= 4 is 22.7 Å². The Bertz CT molecular complexity index is 1190. The summed E-state index contributed by atoms with van der Waals surface area (Å²) >= 11 is 0. The van der Waals surface area contributed by atoms with E-state index in [-0.39, 0.29) is 17.1 Å². The molecule has 2 heterocycles. The summed E-state index contributed by atoms with van der Waals surface area (Å²) in [7, 11) is 0. The maximum Gasteiger partial charge on any atom is 0.222 e. The molecule has 0 spiro atoms. The van der Waals surface area contributed by atoms with Gasteiger partial charge in [-0.3, -0.25) is 0 Å². The lowest BCUT2D eigenvalue weighted by molar-refractivity contribution is 0.627. The van der Waals surface area contributed by atoms with Crippen molar-refractivity contribution < 1.29 is 4.39 Å². The number of hydrogen-bond acceptors (Lipinski definition) is 6. The lowest BCUT2D eigenvalue weighted by Gasteiger charge is -2.08. The van der Waals surface area contributed by atoms with Gasteiger partial charge in [-0.25, -0.2) is 14.1 Å². The molecule has 8 heteroatoms. The highest BCUT2D eigenvalue weighted by Crippen LogP contribution is 2.30. The molecular formula is C19H14FN7. The molecule has 0 atom stereocenters. The fourth-order valence-corrected chi connectivity index (χ4v) is 2.89. The van der Waals surface area contributed by atoms with Crippen LogP contribution in [0.5, 0.6) is 0 Å². The van der Waals surface area contributed by atoms with Crippen LogP contribution in [0, 0.1) is 17.1 Å². The summed E-state index contributed by atoms with van der Waals surface area (Å²) in [6.45, 7) is 0.445. The van der Waals surface area contributed by atoms with Crippen molar-refractivity contribution in [2.24, 2.45) is 0 Å². The molecule has 0 amide bonds. The van der Waals surface area contributed by atoms with Crippen LogP contribution in [0.15, 0.2) is 48.7 Å². The van der Waals surface area contributed by atoms with Gasteiger partial charge in [-0.1, -0.05) is 18.2 Å². The van der Waals surface area contributed by atoms with Gasteiger partial charge in [0.25, 0.3) is 0 Å². The Labute approximate surface area is 153 Å². The maximum atomic E-state index is 14.6. The van der Waals surface area contributed by atoms with Crippen LogP contribution in [0.2, 0.25) is 0 Å². The zero-order valence-corrected chi connectivity index (χ0v) is 14.1. The zero-order valence-electron chi connectivity index (χ0n) is 14.1. The molecule has 2 aromatic carbocycles. The van der Waals surface area contributed by atoms with E-state index < -0.39 is 5.82 Å². The molecule has 0 saturated carbocycles. The van der Waals surface area contributed by atoms with Crippen molar-refractivity contribution in [3.8, 4) is 17.3 Å². The molecule has 132 valence electrons. The molecule has 4 aromatic rings. The van der Waals surface area contributed by atoms with Crippen LogP contribution in [0.25, 0.3) is 22.3 Å². The highest BCUT2D eigenvalue weighted by Gasteiger charge is 2.18. The van der Waals surface area contributed by atoms with Gasteiger partial charge in [-0.2, -0.15) is 15.3 Å². The molecule has 0 bridgehead atoms. The third kappa shape index (κ3) is 2.91. The number of aromatic nitrogens is 4. The van der Waals surface area contributed by atoms with Crippen molar-refractivity contribution in [3.05, 3.63) is 65.6 Å². The lowest BCUT2D eigenvalue weighted by atomic mass is 10.1. The highest BCUT2D eigenvalue weighted by molar-refractivity contribution is 5.91. The van der Waals surface area contributed by atoms with Crippen molar-refractivity contribution in [2.45, 2.75) is 6.54 Å². The van der Waals surface area contributed by atoms with Gasteiger partial charge in [-0.05, 0) is 29.8 Å². The second-order valence-electron chi connectivity index (χ2n) is 5.99. The Morgan fingerprint density at radius 2 is 1.85 bits per heavy atom. The first-order valence-electron chi connectivity index (χ1n) is 8.09. The van der Waals surface area contributed by atoms with E-state index in [1.807, 2.05) is 18.2 Å². The molecule has 0 radical (unpaired) electrons. The number of anilines is 2. The average molecular weight is 359 g/mol. The largest absolute Gasteiger partial charge is 0.399 e. The summed E-state index contributed by atoms with van der Waals surface area (Å²) < 4.78 is 16.3. The first-order valence-corrected chi connectivity index (χ1v) is 8.09. The zero-order chi connectivity index (χ0) is 19.0. The predicted molar refractivity (Wildman–Crippen MR) is 99.8 cm³/mol. The number of hydrogen-bond donors (Lipinski definition) is 2. The topological polar surface area (TPSA) is 119 Å².